The summed E-state index contributed by atoms with van der Waals surface area (Å²) in [5.41, 5.74) is 2.61. The van der Waals surface area contributed by atoms with Crippen LogP contribution in [0.5, 0.6) is 0 Å². The highest BCUT2D eigenvalue weighted by Gasteiger charge is 2.27. The minimum atomic E-state index is -0.396. The summed E-state index contributed by atoms with van der Waals surface area (Å²) in [6, 6.07) is 17.9. The molecule has 4 aromatic rings. The van der Waals surface area contributed by atoms with Crippen LogP contribution in [0.4, 0.5) is 0 Å². The van der Waals surface area contributed by atoms with Gasteiger partial charge in [-0.3, -0.25) is 4.79 Å². The molecule has 2 aromatic carbocycles. The fraction of sp³-hybridized carbons (Fsp3) is 0.190. The zero-order valence-corrected chi connectivity index (χ0v) is 16.0. The first-order valence-electron chi connectivity index (χ1n) is 8.86. The van der Waals surface area contributed by atoms with Gasteiger partial charge in [-0.1, -0.05) is 60.3 Å². The summed E-state index contributed by atoms with van der Waals surface area (Å²) in [5, 5.41) is 9.57. The number of carbonyl (C=O) groups is 1. The Hall–Kier alpha value is -2.86. The molecule has 0 aliphatic carbocycles. The van der Waals surface area contributed by atoms with Crippen molar-refractivity contribution >= 4 is 28.4 Å². The van der Waals surface area contributed by atoms with E-state index in [1.807, 2.05) is 59.2 Å². The number of ketones is 1. The Morgan fingerprint density at radius 3 is 2.59 bits per heavy atom. The third-order valence-corrected chi connectivity index (χ3v) is 5.74. The molecular weight excluding hydrogens is 356 g/mol. The Balaban J connectivity index is 1.76. The van der Waals surface area contributed by atoms with Crippen molar-refractivity contribution in [3.8, 4) is 0 Å². The number of nitrogens with one attached hydrogen (secondary N) is 1. The molecule has 1 N–H and O–H groups in total. The second-order valence-corrected chi connectivity index (χ2v) is 7.71. The molecule has 27 heavy (non-hydrogen) atoms. The highest BCUT2D eigenvalue weighted by atomic mass is 32.2. The van der Waals surface area contributed by atoms with Crippen LogP contribution in [-0.2, 0) is 0 Å². The average Bonchev–Trinajstić information content (AvgIpc) is 3.33. The second kappa shape index (κ2) is 7.40. The maximum absolute atomic E-state index is 13.5. The van der Waals surface area contributed by atoms with Gasteiger partial charge in [0.2, 0.25) is 0 Å². The SMILES string of the molecule is CC(C)n1cnnc1S[C@@H](C(=O)c1c[nH]c2ccccc12)c1ccccc1. The number of benzene rings is 2. The fourth-order valence-electron chi connectivity index (χ4n) is 3.09. The summed E-state index contributed by atoms with van der Waals surface area (Å²) in [4.78, 5) is 16.7. The molecule has 2 aromatic heterocycles. The first-order chi connectivity index (χ1) is 13.1. The number of hydrogen-bond acceptors (Lipinski definition) is 4. The lowest BCUT2D eigenvalue weighted by atomic mass is 10.0. The molecule has 0 fully saturated rings. The summed E-state index contributed by atoms with van der Waals surface area (Å²) < 4.78 is 1.99. The first kappa shape index (κ1) is 17.5. The summed E-state index contributed by atoms with van der Waals surface area (Å²) in [6.45, 7) is 4.15. The van der Waals surface area contributed by atoms with Crippen molar-refractivity contribution in [2.24, 2.45) is 0 Å². The zero-order valence-electron chi connectivity index (χ0n) is 15.2. The van der Waals surface area contributed by atoms with Crippen LogP contribution >= 0.6 is 11.8 Å². The number of fused-ring (bicyclic) bond motifs is 1. The number of rotatable bonds is 6. The van der Waals surface area contributed by atoms with Gasteiger partial charge in [0, 0.05) is 28.7 Å². The average molecular weight is 376 g/mol. The predicted molar refractivity (Wildman–Crippen MR) is 108 cm³/mol. The smallest absolute Gasteiger partial charge is 0.192 e. The summed E-state index contributed by atoms with van der Waals surface area (Å²) >= 11 is 1.44. The molecule has 0 unspecified atom stereocenters. The van der Waals surface area contributed by atoms with Crippen molar-refractivity contribution in [2.45, 2.75) is 30.3 Å². The van der Waals surface area contributed by atoms with E-state index in [4.69, 9.17) is 0 Å². The Kier molecular flexibility index (Phi) is 4.81. The third-order valence-electron chi connectivity index (χ3n) is 4.51. The molecular formula is C21H20N4OS. The predicted octanol–water partition coefficient (Wildman–Crippen LogP) is 5.06. The van der Waals surface area contributed by atoms with E-state index in [1.165, 1.54) is 11.8 Å². The Bertz CT molecular complexity index is 1070. The lowest BCUT2D eigenvalue weighted by molar-refractivity contribution is 0.0991. The first-order valence-corrected chi connectivity index (χ1v) is 9.74. The molecule has 0 saturated carbocycles. The maximum Gasteiger partial charge on any atom is 0.192 e. The van der Waals surface area contributed by atoms with Gasteiger partial charge in [-0.2, -0.15) is 0 Å². The summed E-state index contributed by atoms with van der Waals surface area (Å²) in [7, 11) is 0. The topological polar surface area (TPSA) is 63.6 Å². The number of carbonyl (C=O) groups excluding carboxylic acids is 1. The molecule has 1 atom stereocenters. The number of para-hydroxylation sites is 1. The van der Waals surface area contributed by atoms with E-state index in [1.54, 1.807) is 12.5 Å². The largest absolute Gasteiger partial charge is 0.360 e. The molecule has 0 bridgehead atoms. The number of hydrogen-bond donors (Lipinski definition) is 1. The van der Waals surface area contributed by atoms with Gasteiger partial charge in [0.1, 0.15) is 11.6 Å². The van der Waals surface area contributed by atoms with Crippen LogP contribution < -0.4 is 0 Å². The van der Waals surface area contributed by atoms with Crippen molar-refractivity contribution in [3.05, 3.63) is 78.2 Å². The molecule has 4 rings (SSSR count). The molecule has 0 aliphatic heterocycles. The molecule has 136 valence electrons. The number of Topliss-reactive ketones (excluding diaryl/α,β-unsaturated/α-hetero) is 1. The van der Waals surface area contributed by atoms with Crippen LogP contribution in [0, 0.1) is 0 Å². The fourth-order valence-corrected chi connectivity index (χ4v) is 4.31. The quantitative estimate of drug-likeness (QED) is 0.377. The number of H-pyrrole nitrogens is 1. The van der Waals surface area contributed by atoms with E-state index in [-0.39, 0.29) is 11.8 Å². The molecule has 5 nitrogen and oxygen atoms in total. The van der Waals surface area contributed by atoms with E-state index in [2.05, 4.69) is 29.0 Å². The molecule has 0 amide bonds. The van der Waals surface area contributed by atoms with Gasteiger partial charge >= 0.3 is 0 Å². The van der Waals surface area contributed by atoms with Gasteiger partial charge in [0.15, 0.2) is 10.9 Å². The van der Waals surface area contributed by atoms with Gasteiger partial charge in [-0.25, -0.2) is 0 Å². The number of nitrogens with zero attached hydrogens (tertiary/aromatic N) is 3. The lowest BCUT2D eigenvalue weighted by Gasteiger charge is -2.17. The molecule has 0 aliphatic rings. The molecule has 0 radical (unpaired) electrons. The standard InChI is InChI=1S/C21H20N4OS/c1-14(2)25-13-23-24-21(25)27-20(15-8-4-3-5-9-15)19(26)17-12-22-18-11-7-6-10-16(17)18/h3-14,20,22H,1-2H3/t20-/m1/s1. The van der Waals surface area contributed by atoms with Crippen molar-refractivity contribution < 1.29 is 4.79 Å². The van der Waals surface area contributed by atoms with Crippen LogP contribution in [0.1, 0.15) is 41.1 Å². The molecule has 6 heteroatoms. The normalized spacial score (nSPS) is 12.6. The van der Waals surface area contributed by atoms with Crippen LogP contribution in [0.15, 0.2) is 72.3 Å². The molecule has 0 spiro atoms. The van der Waals surface area contributed by atoms with E-state index in [0.29, 0.717) is 5.56 Å². The minimum absolute atomic E-state index is 0.0574. The van der Waals surface area contributed by atoms with E-state index >= 15 is 0 Å². The highest BCUT2D eigenvalue weighted by Crippen LogP contribution is 2.38. The molecule has 2 heterocycles. The highest BCUT2D eigenvalue weighted by molar-refractivity contribution is 8.00. The summed E-state index contributed by atoms with van der Waals surface area (Å²) in [5.74, 6) is 0.0574. The van der Waals surface area contributed by atoms with Gasteiger partial charge in [-0.05, 0) is 25.5 Å². The van der Waals surface area contributed by atoms with Crippen LogP contribution in [0.25, 0.3) is 10.9 Å². The van der Waals surface area contributed by atoms with Crippen LogP contribution in [0.2, 0.25) is 0 Å². The minimum Gasteiger partial charge on any atom is -0.360 e. The van der Waals surface area contributed by atoms with Crippen LogP contribution in [0.3, 0.4) is 0 Å². The van der Waals surface area contributed by atoms with E-state index < -0.39 is 5.25 Å². The molecule has 0 saturated heterocycles. The van der Waals surface area contributed by atoms with Crippen molar-refractivity contribution in [1.29, 1.82) is 0 Å². The number of thioether (sulfide) groups is 1. The Morgan fingerprint density at radius 1 is 1.07 bits per heavy atom. The van der Waals surface area contributed by atoms with Gasteiger partial charge < -0.3 is 9.55 Å². The van der Waals surface area contributed by atoms with Gasteiger partial charge in [0.05, 0.1) is 0 Å². The lowest BCUT2D eigenvalue weighted by Crippen LogP contribution is -2.11. The second-order valence-electron chi connectivity index (χ2n) is 6.64. The zero-order chi connectivity index (χ0) is 18.8. The maximum atomic E-state index is 13.5. The van der Waals surface area contributed by atoms with Crippen LogP contribution in [-0.4, -0.2) is 25.5 Å². The monoisotopic (exact) mass is 376 g/mol. The number of aromatic nitrogens is 4. The van der Waals surface area contributed by atoms with E-state index in [0.717, 1.165) is 21.6 Å². The van der Waals surface area contributed by atoms with E-state index in [9.17, 15) is 4.79 Å². The van der Waals surface area contributed by atoms with Crippen molar-refractivity contribution in [3.63, 3.8) is 0 Å². The Morgan fingerprint density at radius 2 is 1.81 bits per heavy atom. The summed E-state index contributed by atoms with van der Waals surface area (Å²) in [6.07, 6.45) is 3.52. The van der Waals surface area contributed by atoms with Crippen molar-refractivity contribution in [1.82, 2.24) is 19.7 Å². The van der Waals surface area contributed by atoms with Crippen molar-refractivity contribution in [2.75, 3.05) is 0 Å². The Labute approximate surface area is 161 Å². The number of aromatic amines is 1. The third kappa shape index (κ3) is 3.40. The van der Waals surface area contributed by atoms with Gasteiger partial charge in [-0.15, -0.1) is 10.2 Å². The van der Waals surface area contributed by atoms with Gasteiger partial charge in [0.25, 0.3) is 0 Å².